The number of hydrogen-bond acceptors (Lipinski definition) is 4. The maximum Gasteiger partial charge on any atom is 0.527 e. The van der Waals surface area contributed by atoms with Gasteiger partial charge in [0.2, 0.25) is 0 Å². The van der Waals surface area contributed by atoms with Crippen LogP contribution in [-0.4, -0.2) is 30.9 Å². The van der Waals surface area contributed by atoms with Crippen molar-refractivity contribution in [3.63, 3.8) is 0 Å². The Morgan fingerprint density at radius 1 is 1.27 bits per heavy atom. The summed E-state index contributed by atoms with van der Waals surface area (Å²) in [6, 6.07) is 0. The number of nitrogens with zero attached hydrogens (tertiary/aromatic N) is 1. The number of rotatable bonds is 4. The van der Waals surface area contributed by atoms with Gasteiger partial charge in [-0.05, 0) is 20.8 Å². The molecule has 0 heterocycles. The first kappa shape index (κ1) is 10.2. The van der Waals surface area contributed by atoms with Crippen LogP contribution in [0.25, 0.3) is 0 Å². The van der Waals surface area contributed by atoms with E-state index in [0.717, 1.165) is 0 Å². The molecule has 0 N–H and O–H groups in total. The minimum Gasteiger partial charge on any atom is -0.433 e. The normalized spacial score (nSPS) is 9.82. The zero-order valence-electron chi connectivity index (χ0n) is 7.29. The zero-order chi connectivity index (χ0) is 8.69. The largest absolute Gasteiger partial charge is 0.527 e. The van der Waals surface area contributed by atoms with Crippen molar-refractivity contribution in [1.29, 1.82) is 0 Å². The van der Waals surface area contributed by atoms with Gasteiger partial charge in [0.15, 0.2) is 0 Å². The van der Waals surface area contributed by atoms with Crippen molar-refractivity contribution in [2.75, 3.05) is 19.7 Å². The van der Waals surface area contributed by atoms with E-state index in [-0.39, 0.29) is 0 Å². The fourth-order valence-corrected chi connectivity index (χ4v) is 0.602. The van der Waals surface area contributed by atoms with Gasteiger partial charge >= 0.3 is 6.16 Å². The highest BCUT2D eigenvalue weighted by molar-refractivity contribution is 5.59. The molecule has 0 unspecified atom stereocenters. The van der Waals surface area contributed by atoms with Crippen LogP contribution in [0, 0.1) is 0 Å². The summed E-state index contributed by atoms with van der Waals surface area (Å²) in [5.74, 6) is 0. The third-order valence-electron chi connectivity index (χ3n) is 1.17. The second-order valence-corrected chi connectivity index (χ2v) is 1.89. The molecule has 0 saturated carbocycles. The summed E-state index contributed by atoms with van der Waals surface area (Å²) in [6.45, 7) is 7.25. The quantitative estimate of drug-likeness (QED) is 0.461. The van der Waals surface area contributed by atoms with Crippen molar-refractivity contribution in [1.82, 2.24) is 5.06 Å². The van der Waals surface area contributed by atoms with Gasteiger partial charge in [-0.15, -0.1) is 5.06 Å². The van der Waals surface area contributed by atoms with Crippen molar-refractivity contribution in [2.45, 2.75) is 20.8 Å². The zero-order valence-corrected chi connectivity index (χ0v) is 7.29. The Bertz CT molecular complexity index is 112. The highest BCUT2D eigenvalue weighted by atomic mass is 16.8. The van der Waals surface area contributed by atoms with Crippen LogP contribution in [0.15, 0.2) is 0 Å². The molecule has 0 saturated heterocycles. The minimum absolute atomic E-state index is 0.347. The van der Waals surface area contributed by atoms with E-state index in [2.05, 4.69) is 4.74 Å². The fraction of sp³-hybridized carbons (Fsp3) is 0.857. The van der Waals surface area contributed by atoms with Gasteiger partial charge < -0.3 is 9.57 Å². The number of hydroxylamine groups is 2. The van der Waals surface area contributed by atoms with E-state index in [4.69, 9.17) is 4.84 Å². The Balaban J connectivity index is 3.54. The second-order valence-electron chi connectivity index (χ2n) is 1.89. The van der Waals surface area contributed by atoms with Crippen molar-refractivity contribution < 1.29 is 14.4 Å². The smallest absolute Gasteiger partial charge is 0.433 e. The van der Waals surface area contributed by atoms with E-state index in [0.29, 0.717) is 19.7 Å². The Morgan fingerprint density at radius 3 is 2.18 bits per heavy atom. The van der Waals surface area contributed by atoms with E-state index < -0.39 is 6.16 Å². The van der Waals surface area contributed by atoms with E-state index in [1.54, 1.807) is 6.92 Å². The summed E-state index contributed by atoms with van der Waals surface area (Å²) >= 11 is 0. The Morgan fingerprint density at radius 2 is 1.82 bits per heavy atom. The molecule has 0 bridgehead atoms. The molecule has 0 aromatic heterocycles. The summed E-state index contributed by atoms with van der Waals surface area (Å²) in [5, 5.41) is 1.53. The number of ether oxygens (including phenoxy) is 1. The second kappa shape index (κ2) is 5.97. The van der Waals surface area contributed by atoms with Crippen LogP contribution < -0.4 is 0 Å². The predicted octanol–water partition coefficient (Wildman–Crippen LogP) is 1.42. The SMILES string of the molecule is CCOC(=O)ON(CC)CC. The standard InChI is InChI=1S/C7H15NO3/c1-4-8(5-2)11-7(9)10-6-3/h4-6H2,1-3H3. The third-order valence-corrected chi connectivity index (χ3v) is 1.17. The van der Waals surface area contributed by atoms with E-state index in [9.17, 15) is 4.79 Å². The summed E-state index contributed by atoms with van der Waals surface area (Å²) in [4.78, 5) is 15.4. The van der Waals surface area contributed by atoms with Crippen LogP contribution in [-0.2, 0) is 9.57 Å². The van der Waals surface area contributed by atoms with Gasteiger partial charge in [0.1, 0.15) is 0 Å². The molecule has 0 rings (SSSR count). The molecule has 11 heavy (non-hydrogen) atoms. The predicted molar refractivity (Wildman–Crippen MR) is 41.0 cm³/mol. The monoisotopic (exact) mass is 161 g/mol. The van der Waals surface area contributed by atoms with E-state index in [1.165, 1.54) is 5.06 Å². The average molecular weight is 161 g/mol. The van der Waals surface area contributed by atoms with Crippen molar-refractivity contribution in [3.05, 3.63) is 0 Å². The molecule has 0 aromatic rings. The molecule has 0 aliphatic carbocycles. The Labute approximate surface area is 67.0 Å². The van der Waals surface area contributed by atoms with Gasteiger partial charge in [0, 0.05) is 13.1 Å². The summed E-state index contributed by atoms with van der Waals surface area (Å²) in [5.41, 5.74) is 0. The number of hydrogen-bond donors (Lipinski definition) is 0. The lowest BCUT2D eigenvalue weighted by molar-refractivity contribution is -0.121. The molecule has 0 aliphatic rings. The fourth-order valence-electron chi connectivity index (χ4n) is 0.602. The van der Waals surface area contributed by atoms with E-state index >= 15 is 0 Å². The average Bonchev–Trinajstić information content (AvgIpc) is 2.01. The summed E-state index contributed by atoms with van der Waals surface area (Å²) in [7, 11) is 0. The van der Waals surface area contributed by atoms with Gasteiger partial charge in [-0.1, -0.05) is 0 Å². The maximum absolute atomic E-state index is 10.7. The molecule has 4 heteroatoms. The molecule has 4 nitrogen and oxygen atoms in total. The Hall–Kier alpha value is -0.770. The molecule has 66 valence electrons. The first-order chi connectivity index (χ1) is 5.24. The molecule has 0 atom stereocenters. The maximum atomic E-state index is 10.7. The van der Waals surface area contributed by atoms with Crippen molar-refractivity contribution >= 4 is 6.16 Å². The minimum atomic E-state index is -0.629. The lowest BCUT2D eigenvalue weighted by atomic mass is 10.6. The van der Waals surface area contributed by atoms with Crippen molar-refractivity contribution in [2.24, 2.45) is 0 Å². The Kier molecular flexibility index (Phi) is 5.56. The molecule has 0 aliphatic heterocycles. The van der Waals surface area contributed by atoms with Gasteiger partial charge in [-0.25, -0.2) is 4.79 Å². The van der Waals surface area contributed by atoms with Gasteiger partial charge in [0.25, 0.3) is 0 Å². The van der Waals surface area contributed by atoms with E-state index in [1.807, 2.05) is 13.8 Å². The number of carbonyl (C=O) groups excluding carboxylic acids is 1. The summed E-state index contributed by atoms with van der Waals surface area (Å²) in [6.07, 6.45) is -0.629. The first-order valence-electron chi connectivity index (χ1n) is 3.84. The molecular formula is C7H15NO3. The summed E-state index contributed by atoms with van der Waals surface area (Å²) < 4.78 is 4.57. The first-order valence-corrected chi connectivity index (χ1v) is 3.84. The molecule has 0 amide bonds. The highest BCUT2D eigenvalue weighted by Gasteiger charge is 2.07. The van der Waals surface area contributed by atoms with Gasteiger partial charge in [0.05, 0.1) is 6.61 Å². The van der Waals surface area contributed by atoms with Crippen molar-refractivity contribution in [3.8, 4) is 0 Å². The third kappa shape index (κ3) is 4.61. The van der Waals surface area contributed by atoms with Gasteiger partial charge in [-0.3, -0.25) is 0 Å². The van der Waals surface area contributed by atoms with Crippen LogP contribution in [0.3, 0.4) is 0 Å². The molecule has 0 radical (unpaired) electrons. The lowest BCUT2D eigenvalue weighted by Gasteiger charge is -2.15. The van der Waals surface area contributed by atoms with Crippen LogP contribution in [0.1, 0.15) is 20.8 Å². The molecule has 0 fully saturated rings. The topological polar surface area (TPSA) is 38.8 Å². The van der Waals surface area contributed by atoms with Crippen LogP contribution >= 0.6 is 0 Å². The van der Waals surface area contributed by atoms with Crippen LogP contribution in [0.2, 0.25) is 0 Å². The number of carbonyl (C=O) groups is 1. The lowest BCUT2D eigenvalue weighted by Crippen LogP contribution is -2.27. The highest BCUT2D eigenvalue weighted by Crippen LogP contribution is 1.92. The molecular weight excluding hydrogens is 146 g/mol. The van der Waals surface area contributed by atoms with Crippen LogP contribution in [0.5, 0.6) is 0 Å². The molecule has 0 aromatic carbocycles. The van der Waals surface area contributed by atoms with Crippen LogP contribution in [0.4, 0.5) is 4.79 Å². The van der Waals surface area contributed by atoms with Gasteiger partial charge in [-0.2, -0.15) is 0 Å². The molecule has 0 spiro atoms.